The smallest absolute Gasteiger partial charge is 0.335 e. The van der Waals surface area contributed by atoms with Gasteiger partial charge in [-0.25, -0.2) is 4.79 Å². The van der Waals surface area contributed by atoms with E-state index in [4.69, 9.17) is 9.84 Å². The molecule has 26 heavy (non-hydrogen) atoms. The SMILES string of the molecule is O=C(C=Cc1ccc(O)c(O)c1)COC1[C@H](O)CC(O)(C(=O)O)C[C@H]1O. The molecular weight excluding hydrogens is 348 g/mol. The predicted octanol–water partition coefficient (Wildman–Crippen LogP) is -0.603. The lowest BCUT2D eigenvalue weighted by atomic mass is 9.79. The van der Waals surface area contributed by atoms with Crippen molar-refractivity contribution in [1.82, 2.24) is 0 Å². The van der Waals surface area contributed by atoms with E-state index >= 15 is 0 Å². The number of aliphatic hydroxyl groups excluding tert-OH is 2. The monoisotopic (exact) mass is 368 g/mol. The average molecular weight is 368 g/mol. The molecule has 0 aromatic heterocycles. The highest BCUT2D eigenvalue weighted by Crippen LogP contribution is 2.31. The maximum absolute atomic E-state index is 11.8. The molecule has 2 rings (SSSR count). The van der Waals surface area contributed by atoms with Gasteiger partial charge in [0, 0.05) is 12.8 Å². The van der Waals surface area contributed by atoms with E-state index < -0.39 is 55.1 Å². The number of rotatable bonds is 6. The van der Waals surface area contributed by atoms with Crippen LogP contribution in [0.4, 0.5) is 0 Å². The molecule has 9 nitrogen and oxygen atoms in total. The molecule has 1 saturated carbocycles. The van der Waals surface area contributed by atoms with Crippen molar-refractivity contribution >= 4 is 17.8 Å². The van der Waals surface area contributed by atoms with Crippen LogP contribution in [0.2, 0.25) is 0 Å². The van der Waals surface area contributed by atoms with Crippen molar-refractivity contribution in [2.45, 2.75) is 36.8 Å². The minimum absolute atomic E-state index is 0.293. The lowest BCUT2D eigenvalue weighted by Crippen LogP contribution is -2.57. The number of benzene rings is 1. The molecule has 1 aliphatic carbocycles. The van der Waals surface area contributed by atoms with Gasteiger partial charge in [0.15, 0.2) is 22.9 Å². The summed E-state index contributed by atoms with van der Waals surface area (Å²) in [6, 6.07) is 3.98. The van der Waals surface area contributed by atoms with Gasteiger partial charge in [-0.1, -0.05) is 12.1 Å². The van der Waals surface area contributed by atoms with Gasteiger partial charge in [0.1, 0.15) is 12.7 Å². The molecule has 0 radical (unpaired) electrons. The summed E-state index contributed by atoms with van der Waals surface area (Å²) in [5.41, 5.74) is -1.79. The summed E-state index contributed by atoms with van der Waals surface area (Å²) in [7, 11) is 0. The van der Waals surface area contributed by atoms with Crippen molar-refractivity contribution < 1.29 is 45.0 Å². The lowest BCUT2D eigenvalue weighted by molar-refractivity contribution is -0.194. The Bertz CT molecular complexity index is 700. The van der Waals surface area contributed by atoms with Gasteiger partial charge in [-0.3, -0.25) is 4.79 Å². The number of carboxylic acid groups (broad SMARTS) is 1. The van der Waals surface area contributed by atoms with E-state index in [-0.39, 0.29) is 11.5 Å². The molecule has 0 bridgehead atoms. The zero-order valence-electron chi connectivity index (χ0n) is 13.6. The third kappa shape index (κ3) is 4.58. The quantitative estimate of drug-likeness (QED) is 0.284. The Hall–Kier alpha value is -2.46. The van der Waals surface area contributed by atoms with Gasteiger partial charge in [0.05, 0.1) is 12.2 Å². The Balaban J connectivity index is 1.91. The second kappa shape index (κ2) is 7.83. The molecule has 6 N–H and O–H groups in total. The zero-order chi connectivity index (χ0) is 19.5. The summed E-state index contributed by atoms with van der Waals surface area (Å²) in [5, 5.41) is 57.2. The normalized spacial score (nSPS) is 29.0. The molecule has 0 amide bonds. The third-order valence-corrected chi connectivity index (χ3v) is 4.13. The lowest BCUT2D eigenvalue weighted by Gasteiger charge is -2.39. The molecular formula is C17H20O9. The van der Waals surface area contributed by atoms with E-state index in [9.17, 15) is 35.1 Å². The minimum Gasteiger partial charge on any atom is -0.504 e. The van der Waals surface area contributed by atoms with Crippen LogP contribution in [0.3, 0.4) is 0 Å². The Morgan fingerprint density at radius 3 is 2.31 bits per heavy atom. The Labute approximate surface area is 148 Å². The van der Waals surface area contributed by atoms with E-state index in [1.54, 1.807) is 0 Å². The number of phenols is 2. The number of carboxylic acids is 1. The van der Waals surface area contributed by atoms with Crippen LogP contribution in [0, 0.1) is 0 Å². The molecule has 0 unspecified atom stereocenters. The fourth-order valence-electron chi connectivity index (χ4n) is 2.72. The molecule has 1 aliphatic rings. The fraction of sp³-hybridized carbons (Fsp3) is 0.412. The summed E-state index contributed by atoms with van der Waals surface area (Å²) < 4.78 is 5.18. The Morgan fingerprint density at radius 1 is 1.15 bits per heavy atom. The van der Waals surface area contributed by atoms with Gasteiger partial charge in [-0.05, 0) is 23.8 Å². The maximum Gasteiger partial charge on any atom is 0.335 e. The predicted molar refractivity (Wildman–Crippen MR) is 87.4 cm³/mol. The van der Waals surface area contributed by atoms with E-state index in [2.05, 4.69) is 0 Å². The second-order valence-corrected chi connectivity index (χ2v) is 6.20. The number of aromatic hydroxyl groups is 2. The highest BCUT2D eigenvalue weighted by Gasteiger charge is 2.49. The summed E-state index contributed by atoms with van der Waals surface area (Å²) >= 11 is 0. The van der Waals surface area contributed by atoms with Crippen LogP contribution < -0.4 is 0 Å². The van der Waals surface area contributed by atoms with Crippen LogP contribution in [0.1, 0.15) is 18.4 Å². The van der Waals surface area contributed by atoms with Crippen LogP contribution in [0.15, 0.2) is 24.3 Å². The van der Waals surface area contributed by atoms with Gasteiger partial charge in [0.25, 0.3) is 0 Å². The van der Waals surface area contributed by atoms with Crippen molar-refractivity contribution in [1.29, 1.82) is 0 Å². The number of aliphatic carboxylic acids is 1. The molecule has 1 aromatic rings. The van der Waals surface area contributed by atoms with Gasteiger partial charge < -0.3 is 35.4 Å². The first-order valence-corrected chi connectivity index (χ1v) is 7.79. The molecule has 0 aliphatic heterocycles. The maximum atomic E-state index is 11.8. The molecule has 0 saturated heterocycles. The number of carbonyl (C=O) groups is 2. The first kappa shape index (κ1) is 19.9. The standard InChI is InChI=1S/C17H20O9/c18-10(3-1-9-2-4-11(19)12(20)5-9)8-26-15-13(21)6-17(25,16(23)24)7-14(15)22/h1-5,13-15,19-22,25H,6-8H2,(H,23,24)/t13-,14-,15?,17?/m1/s1. The summed E-state index contributed by atoms with van der Waals surface area (Å²) in [4.78, 5) is 22.8. The van der Waals surface area contributed by atoms with Gasteiger partial charge in [0.2, 0.25) is 0 Å². The highest BCUT2D eigenvalue weighted by atomic mass is 16.5. The van der Waals surface area contributed by atoms with E-state index in [1.165, 1.54) is 24.3 Å². The molecule has 142 valence electrons. The molecule has 9 heteroatoms. The molecule has 1 fully saturated rings. The second-order valence-electron chi connectivity index (χ2n) is 6.20. The topological polar surface area (TPSA) is 165 Å². The van der Waals surface area contributed by atoms with Crippen molar-refractivity contribution in [3.8, 4) is 11.5 Å². The number of ether oxygens (including phenoxy) is 1. The van der Waals surface area contributed by atoms with Crippen LogP contribution in [0.5, 0.6) is 11.5 Å². The van der Waals surface area contributed by atoms with Gasteiger partial charge in [-0.15, -0.1) is 0 Å². The van der Waals surface area contributed by atoms with E-state index in [1.807, 2.05) is 0 Å². The number of hydrogen-bond acceptors (Lipinski definition) is 8. The summed E-state index contributed by atoms with van der Waals surface area (Å²) in [5.74, 6) is -2.69. The number of hydrogen-bond donors (Lipinski definition) is 6. The third-order valence-electron chi connectivity index (χ3n) is 4.13. The van der Waals surface area contributed by atoms with Crippen molar-refractivity contribution in [2.75, 3.05) is 6.61 Å². The van der Waals surface area contributed by atoms with Crippen molar-refractivity contribution in [3.05, 3.63) is 29.8 Å². The van der Waals surface area contributed by atoms with E-state index in [0.29, 0.717) is 5.56 Å². The zero-order valence-corrected chi connectivity index (χ0v) is 13.6. The van der Waals surface area contributed by atoms with E-state index in [0.717, 1.165) is 6.08 Å². The molecule has 1 aromatic carbocycles. The number of ketones is 1. The summed E-state index contributed by atoms with van der Waals surface area (Å²) in [6.07, 6.45) is -2.63. The van der Waals surface area contributed by atoms with Gasteiger partial charge in [-0.2, -0.15) is 0 Å². The fourth-order valence-corrected chi connectivity index (χ4v) is 2.72. The average Bonchev–Trinajstić information content (AvgIpc) is 2.55. The number of carbonyl (C=O) groups excluding carboxylic acids is 1. The van der Waals surface area contributed by atoms with Crippen molar-refractivity contribution in [3.63, 3.8) is 0 Å². The van der Waals surface area contributed by atoms with Crippen LogP contribution in [-0.4, -0.2) is 72.9 Å². The first-order chi connectivity index (χ1) is 12.1. The minimum atomic E-state index is -2.25. The largest absolute Gasteiger partial charge is 0.504 e. The van der Waals surface area contributed by atoms with Crippen LogP contribution >= 0.6 is 0 Å². The summed E-state index contributed by atoms with van der Waals surface area (Å²) in [6.45, 7) is -0.481. The highest BCUT2D eigenvalue weighted by molar-refractivity contribution is 5.94. The molecule has 0 heterocycles. The van der Waals surface area contributed by atoms with Gasteiger partial charge >= 0.3 is 5.97 Å². The number of phenolic OH excluding ortho intramolecular Hbond substituents is 2. The number of aliphatic hydroxyl groups is 3. The molecule has 0 spiro atoms. The van der Waals surface area contributed by atoms with Crippen LogP contribution in [-0.2, 0) is 14.3 Å². The first-order valence-electron chi connectivity index (χ1n) is 7.79. The Kier molecular flexibility index (Phi) is 5.98. The Morgan fingerprint density at radius 2 is 1.77 bits per heavy atom. The molecule has 2 atom stereocenters. The van der Waals surface area contributed by atoms with Crippen molar-refractivity contribution in [2.24, 2.45) is 0 Å². The van der Waals surface area contributed by atoms with Crippen LogP contribution in [0.25, 0.3) is 6.08 Å².